The van der Waals surface area contributed by atoms with E-state index in [9.17, 15) is 4.79 Å². The molecule has 0 radical (unpaired) electrons. The molecule has 6 nitrogen and oxygen atoms in total. The van der Waals surface area contributed by atoms with Gasteiger partial charge in [-0.15, -0.1) is 24.0 Å². The van der Waals surface area contributed by atoms with Gasteiger partial charge in [0.2, 0.25) is 5.91 Å². The minimum atomic E-state index is -0.259. The van der Waals surface area contributed by atoms with Gasteiger partial charge in [0.15, 0.2) is 5.96 Å². The van der Waals surface area contributed by atoms with Gasteiger partial charge in [-0.2, -0.15) is 0 Å². The van der Waals surface area contributed by atoms with Crippen LogP contribution in [-0.4, -0.2) is 37.0 Å². The van der Waals surface area contributed by atoms with Gasteiger partial charge in [-0.3, -0.25) is 4.79 Å². The van der Waals surface area contributed by atoms with Crippen molar-refractivity contribution in [2.45, 2.75) is 39.7 Å². The monoisotopic (exact) mass is 448 g/mol. The van der Waals surface area contributed by atoms with E-state index in [-0.39, 0.29) is 42.0 Å². The van der Waals surface area contributed by atoms with E-state index in [0.717, 1.165) is 17.8 Å². The van der Waals surface area contributed by atoms with Crippen molar-refractivity contribution in [1.29, 1.82) is 0 Å². The normalized spacial score (nSPS) is 11.4. The first-order valence-corrected chi connectivity index (χ1v) is 7.76. The van der Waals surface area contributed by atoms with Crippen LogP contribution in [0.25, 0.3) is 0 Å². The number of amides is 1. The van der Waals surface area contributed by atoms with Crippen LogP contribution in [0.15, 0.2) is 40.0 Å². The van der Waals surface area contributed by atoms with Crippen LogP contribution in [-0.2, 0) is 11.2 Å². The fourth-order valence-electron chi connectivity index (χ4n) is 1.78. The Morgan fingerprint density at radius 3 is 2.58 bits per heavy atom. The molecule has 0 atom stereocenters. The first-order chi connectivity index (χ1) is 10.8. The van der Waals surface area contributed by atoms with Crippen LogP contribution in [0.1, 0.15) is 33.5 Å². The maximum absolute atomic E-state index is 11.9. The standard InChI is InChI=1S/C17H28N4O2.HI/c1-13(2)11-19-16(18-9-8-14-7-6-10-23-14)20-12-15(22)21-17(3,4)5;/h6-7,10H,1,8-9,11-12H2,2-5H3,(H,21,22)(H2,18,19,20);1H. The van der Waals surface area contributed by atoms with Crippen molar-refractivity contribution < 1.29 is 9.21 Å². The lowest BCUT2D eigenvalue weighted by atomic mass is 10.1. The summed E-state index contributed by atoms with van der Waals surface area (Å²) >= 11 is 0. The van der Waals surface area contributed by atoms with Crippen molar-refractivity contribution in [2.24, 2.45) is 4.99 Å². The summed E-state index contributed by atoms with van der Waals surface area (Å²) in [6.45, 7) is 12.9. The number of hydrogen-bond donors (Lipinski definition) is 3. The summed E-state index contributed by atoms with van der Waals surface area (Å²) in [7, 11) is 0. The molecule has 24 heavy (non-hydrogen) atoms. The molecule has 0 aliphatic heterocycles. The molecule has 0 saturated heterocycles. The van der Waals surface area contributed by atoms with Gasteiger partial charge in [-0.1, -0.05) is 12.2 Å². The average Bonchev–Trinajstić information content (AvgIpc) is 2.92. The zero-order valence-corrected chi connectivity index (χ0v) is 17.3. The molecule has 0 unspecified atom stereocenters. The molecule has 1 amide bonds. The highest BCUT2D eigenvalue weighted by molar-refractivity contribution is 14.0. The zero-order chi connectivity index (χ0) is 17.3. The number of rotatable bonds is 7. The van der Waals surface area contributed by atoms with Gasteiger partial charge >= 0.3 is 0 Å². The molecule has 136 valence electrons. The first kappa shape index (κ1) is 22.5. The minimum Gasteiger partial charge on any atom is -0.469 e. The van der Waals surface area contributed by atoms with Gasteiger partial charge in [0.1, 0.15) is 12.3 Å². The van der Waals surface area contributed by atoms with E-state index >= 15 is 0 Å². The third-order valence-electron chi connectivity index (χ3n) is 2.70. The largest absolute Gasteiger partial charge is 0.469 e. The summed E-state index contributed by atoms with van der Waals surface area (Å²) in [5.74, 6) is 1.38. The van der Waals surface area contributed by atoms with Crippen molar-refractivity contribution in [1.82, 2.24) is 16.0 Å². The number of aliphatic imine (C=N–C) groups is 1. The maximum atomic E-state index is 11.9. The van der Waals surface area contributed by atoms with E-state index in [1.807, 2.05) is 39.8 Å². The Morgan fingerprint density at radius 2 is 2.04 bits per heavy atom. The molecule has 0 aromatic carbocycles. The molecular weight excluding hydrogens is 419 g/mol. The quantitative estimate of drug-likeness (QED) is 0.259. The van der Waals surface area contributed by atoms with E-state index in [4.69, 9.17) is 4.42 Å². The van der Waals surface area contributed by atoms with Gasteiger partial charge in [-0.05, 0) is 39.8 Å². The molecule has 1 rings (SSSR count). The molecule has 1 heterocycles. The second-order valence-corrected chi connectivity index (χ2v) is 6.53. The fourth-order valence-corrected chi connectivity index (χ4v) is 1.78. The Hall–Kier alpha value is -1.51. The van der Waals surface area contributed by atoms with Crippen LogP contribution in [0, 0.1) is 0 Å². The summed E-state index contributed by atoms with van der Waals surface area (Å²) in [4.78, 5) is 16.2. The Bertz CT molecular complexity index is 533. The smallest absolute Gasteiger partial charge is 0.242 e. The topological polar surface area (TPSA) is 78.7 Å². The third-order valence-corrected chi connectivity index (χ3v) is 2.70. The number of carbonyl (C=O) groups is 1. The molecule has 0 bridgehead atoms. The van der Waals surface area contributed by atoms with Crippen LogP contribution in [0.4, 0.5) is 0 Å². The first-order valence-electron chi connectivity index (χ1n) is 7.76. The Labute approximate surface area is 161 Å². The van der Waals surface area contributed by atoms with E-state index in [1.54, 1.807) is 6.26 Å². The highest BCUT2D eigenvalue weighted by Gasteiger charge is 2.13. The predicted octanol–water partition coefficient (Wildman–Crippen LogP) is 2.47. The van der Waals surface area contributed by atoms with Crippen LogP contribution in [0.5, 0.6) is 0 Å². The molecule has 0 spiro atoms. The second-order valence-electron chi connectivity index (χ2n) is 6.53. The zero-order valence-electron chi connectivity index (χ0n) is 14.9. The number of halogens is 1. The lowest BCUT2D eigenvalue weighted by Gasteiger charge is -2.20. The average molecular weight is 448 g/mol. The van der Waals surface area contributed by atoms with Gasteiger partial charge < -0.3 is 20.4 Å². The highest BCUT2D eigenvalue weighted by Crippen LogP contribution is 1.99. The van der Waals surface area contributed by atoms with Gasteiger partial charge in [-0.25, -0.2) is 4.99 Å². The number of nitrogens with zero attached hydrogens (tertiary/aromatic N) is 1. The SMILES string of the molecule is C=C(C)CNC(=NCC(=O)NC(C)(C)C)NCCc1ccco1.I. The molecule has 0 aliphatic carbocycles. The van der Waals surface area contributed by atoms with Crippen LogP contribution in [0.3, 0.4) is 0 Å². The van der Waals surface area contributed by atoms with Gasteiger partial charge in [0, 0.05) is 25.0 Å². The molecule has 1 aromatic rings. The molecular formula is C17H29IN4O2. The van der Waals surface area contributed by atoms with Crippen molar-refractivity contribution in [3.8, 4) is 0 Å². The molecule has 7 heteroatoms. The summed E-state index contributed by atoms with van der Waals surface area (Å²) in [6, 6.07) is 3.79. The number of guanidine groups is 1. The second kappa shape index (κ2) is 11.1. The number of nitrogens with one attached hydrogen (secondary N) is 3. The van der Waals surface area contributed by atoms with E-state index in [0.29, 0.717) is 19.0 Å². The minimum absolute atomic E-state index is 0. The van der Waals surface area contributed by atoms with Crippen molar-refractivity contribution in [2.75, 3.05) is 19.6 Å². The van der Waals surface area contributed by atoms with Gasteiger partial charge in [0.05, 0.1) is 6.26 Å². The van der Waals surface area contributed by atoms with E-state index in [2.05, 4.69) is 27.5 Å². The summed E-state index contributed by atoms with van der Waals surface area (Å²) in [5, 5.41) is 9.22. The molecule has 0 fully saturated rings. The fraction of sp³-hybridized carbons (Fsp3) is 0.529. The lowest BCUT2D eigenvalue weighted by molar-refractivity contribution is -0.121. The van der Waals surface area contributed by atoms with E-state index in [1.165, 1.54) is 0 Å². The summed E-state index contributed by atoms with van der Waals surface area (Å²) in [5.41, 5.74) is 0.731. The Kier molecular flexibility index (Phi) is 10.4. The third kappa shape index (κ3) is 11.1. The highest BCUT2D eigenvalue weighted by atomic mass is 127. The molecule has 1 aromatic heterocycles. The van der Waals surface area contributed by atoms with Crippen LogP contribution >= 0.6 is 24.0 Å². The molecule has 3 N–H and O–H groups in total. The van der Waals surface area contributed by atoms with E-state index < -0.39 is 0 Å². The van der Waals surface area contributed by atoms with Crippen LogP contribution in [0.2, 0.25) is 0 Å². The number of hydrogen-bond acceptors (Lipinski definition) is 3. The molecule has 0 aliphatic rings. The van der Waals surface area contributed by atoms with Crippen molar-refractivity contribution in [3.63, 3.8) is 0 Å². The number of furan rings is 1. The molecule has 0 saturated carbocycles. The van der Waals surface area contributed by atoms with Gasteiger partial charge in [0.25, 0.3) is 0 Å². The summed E-state index contributed by atoms with van der Waals surface area (Å²) < 4.78 is 5.29. The Balaban J connectivity index is 0.00000529. The lowest BCUT2D eigenvalue weighted by Crippen LogP contribution is -2.43. The Morgan fingerprint density at radius 1 is 1.33 bits per heavy atom. The van der Waals surface area contributed by atoms with Crippen molar-refractivity contribution >= 4 is 35.8 Å². The predicted molar refractivity (Wildman–Crippen MR) is 109 cm³/mol. The van der Waals surface area contributed by atoms with Crippen LogP contribution < -0.4 is 16.0 Å². The maximum Gasteiger partial charge on any atom is 0.242 e. The number of carbonyl (C=O) groups excluding carboxylic acids is 1. The summed E-state index contributed by atoms with van der Waals surface area (Å²) in [6.07, 6.45) is 2.40. The van der Waals surface area contributed by atoms with Crippen molar-refractivity contribution in [3.05, 3.63) is 36.3 Å².